The summed E-state index contributed by atoms with van der Waals surface area (Å²) in [4.78, 5) is 19.3. The number of carbonyl (C=O) groups is 1. The fourth-order valence-corrected chi connectivity index (χ4v) is 3.20. The zero-order valence-electron chi connectivity index (χ0n) is 12.6. The summed E-state index contributed by atoms with van der Waals surface area (Å²) in [5.74, 6) is 1.02. The van der Waals surface area contributed by atoms with Crippen molar-refractivity contribution >= 4 is 5.91 Å². The Balaban J connectivity index is 1.70. The van der Waals surface area contributed by atoms with E-state index in [-0.39, 0.29) is 0 Å². The van der Waals surface area contributed by atoms with Crippen LogP contribution < -0.4 is 0 Å². The fraction of sp³-hybridized carbons (Fsp3) is 0.933. The number of piperazine rings is 1. The van der Waals surface area contributed by atoms with E-state index >= 15 is 0 Å². The molecule has 19 heavy (non-hydrogen) atoms. The third-order valence-corrected chi connectivity index (χ3v) is 4.79. The predicted molar refractivity (Wildman–Crippen MR) is 78.1 cm³/mol. The minimum atomic E-state index is 0.394. The van der Waals surface area contributed by atoms with E-state index in [1.807, 2.05) is 0 Å². The van der Waals surface area contributed by atoms with Crippen LogP contribution in [0.2, 0.25) is 0 Å². The smallest absolute Gasteiger partial charge is 0.222 e. The molecule has 0 aliphatic carbocycles. The molecule has 2 fully saturated rings. The van der Waals surface area contributed by atoms with Gasteiger partial charge in [-0.1, -0.05) is 13.8 Å². The maximum absolute atomic E-state index is 12.3. The van der Waals surface area contributed by atoms with Gasteiger partial charge in [0.15, 0.2) is 0 Å². The Kier molecular flexibility index (Phi) is 5.64. The van der Waals surface area contributed by atoms with Gasteiger partial charge in [-0.15, -0.1) is 0 Å². The van der Waals surface area contributed by atoms with E-state index in [4.69, 9.17) is 0 Å². The van der Waals surface area contributed by atoms with Crippen molar-refractivity contribution in [1.29, 1.82) is 0 Å². The van der Waals surface area contributed by atoms with Gasteiger partial charge in [-0.05, 0) is 44.9 Å². The molecular formula is C15H29N3O. The first-order chi connectivity index (χ1) is 9.22. The second-order valence-electron chi connectivity index (χ2n) is 5.90. The first-order valence-electron chi connectivity index (χ1n) is 7.95. The topological polar surface area (TPSA) is 26.8 Å². The molecule has 0 radical (unpaired) electrons. The van der Waals surface area contributed by atoms with Gasteiger partial charge in [0.1, 0.15) is 0 Å². The third-order valence-electron chi connectivity index (χ3n) is 4.79. The lowest BCUT2D eigenvalue weighted by molar-refractivity contribution is -0.134. The molecule has 2 heterocycles. The first kappa shape index (κ1) is 14.8. The molecule has 0 unspecified atom stereocenters. The summed E-state index contributed by atoms with van der Waals surface area (Å²) in [6.45, 7) is 13.0. The van der Waals surface area contributed by atoms with E-state index in [0.717, 1.165) is 45.7 Å². The SMILES string of the molecule is CCN1CCC(CC(=O)N2CCN(CC)CC2)CC1. The van der Waals surface area contributed by atoms with Crippen LogP contribution in [0.25, 0.3) is 0 Å². The van der Waals surface area contributed by atoms with Crippen LogP contribution in [0.4, 0.5) is 0 Å². The number of hydrogen-bond donors (Lipinski definition) is 0. The van der Waals surface area contributed by atoms with E-state index in [0.29, 0.717) is 11.8 Å². The lowest BCUT2D eigenvalue weighted by atomic mass is 9.93. The van der Waals surface area contributed by atoms with Crippen molar-refractivity contribution in [3.63, 3.8) is 0 Å². The molecule has 0 aromatic heterocycles. The van der Waals surface area contributed by atoms with Crippen LogP contribution in [0.1, 0.15) is 33.1 Å². The molecule has 2 aliphatic heterocycles. The van der Waals surface area contributed by atoms with Crippen LogP contribution >= 0.6 is 0 Å². The van der Waals surface area contributed by atoms with Gasteiger partial charge in [0.25, 0.3) is 0 Å². The molecule has 2 aliphatic rings. The summed E-state index contributed by atoms with van der Waals surface area (Å²) in [7, 11) is 0. The second-order valence-corrected chi connectivity index (χ2v) is 5.90. The third kappa shape index (κ3) is 4.18. The molecule has 0 saturated carbocycles. The number of likely N-dealkylation sites (N-methyl/N-ethyl adjacent to an activating group) is 1. The van der Waals surface area contributed by atoms with E-state index in [2.05, 4.69) is 28.5 Å². The van der Waals surface area contributed by atoms with Crippen molar-refractivity contribution in [1.82, 2.24) is 14.7 Å². The van der Waals surface area contributed by atoms with Crippen molar-refractivity contribution in [3.05, 3.63) is 0 Å². The van der Waals surface area contributed by atoms with Crippen molar-refractivity contribution in [2.75, 3.05) is 52.4 Å². The number of carbonyl (C=O) groups excluding carboxylic acids is 1. The van der Waals surface area contributed by atoms with Crippen LogP contribution in [0.15, 0.2) is 0 Å². The maximum atomic E-state index is 12.3. The van der Waals surface area contributed by atoms with Gasteiger partial charge in [0, 0.05) is 32.6 Å². The van der Waals surface area contributed by atoms with Gasteiger partial charge in [0.2, 0.25) is 5.91 Å². The Morgan fingerprint density at radius 3 is 1.95 bits per heavy atom. The van der Waals surface area contributed by atoms with E-state index in [9.17, 15) is 4.79 Å². The highest BCUT2D eigenvalue weighted by Gasteiger charge is 2.25. The number of likely N-dealkylation sites (tertiary alicyclic amines) is 1. The second kappa shape index (κ2) is 7.25. The number of piperidine rings is 1. The lowest BCUT2D eigenvalue weighted by Crippen LogP contribution is -2.49. The van der Waals surface area contributed by atoms with Gasteiger partial charge in [0.05, 0.1) is 0 Å². The number of nitrogens with zero attached hydrogens (tertiary/aromatic N) is 3. The van der Waals surface area contributed by atoms with Crippen molar-refractivity contribution in [3.8, 4) is 0 Å². The fourth-order valence-electron chi connectivity index (χ4n) is 3.20. The highest BCUT2D eigenvalue weighted by molar-refractivity contribution is 5.76. The molecule has 1 amide bonds. The molecule has 0 aromatic carbocycles. The summed E-state index contributed by atoms with van der Waals surface area (Å²) in [6, 6.07) is 0. The molecule has 4 nitrogen and oxygen atoms in total. The monoisotopic (exact) mass is 267 g/mol. The Labute approximate surface area is 117 Å². The van der Waals surface area contributed by atoms with E-state index < -0.39 is 0 Å². The molecule has 0 N–H and O–H groups in total. The van der Waals surface area contributed by atoms with Crippen LogP contribution in [-0.4, -0.2) is 73.0 Å². The molecular weight excluding hydrogens is 238 g/mol. The van der Waals surface area contributed by atoms with Crippen molar-refractivity contribution in [2.24, 2.45) is 5.92 Å². The molecule has 0 bridgehead atoms. The maximum Gasteiger partial charge on any atom is 0.222 e. The standard InChI is InChI=1S/C15H29N3O/c1-3-16-7-5-14(6-8-16)13-15(19)18-11-9-17(4-2)10-12-18/h14H,3-13H2,1-2H3. The Hall–Kier alpha value is -0.610. The summed E-state index contributed by atoms with van der Waals surface area (Å²) in [6.07, 6.45) is 3.19. The number of hydrogen-bond acceptors (Lipinski definition) is 3. The highest BCUT2D eigenvalue weighted by Crippen LogP contribution is 2.21. The van der Waals surface area contributed by atoms with Crippen LogP contribution in [0.3, 0.4) is 0 Å². The average molecular weight is 267 g/mol. The Morgan fingerprint density at radius 2 is 1.42 bits per heavy atom. The summed E-state index contributed by atoms with van der Waals surface area (Å²) < 4.78 is 0. The molecule has 0 aromatic rings. The van der Waals surface area contributed by atoms with Gasteiger partial charge < -0.3 is 14.7 Å². The van der Waals surface area contributed by atoms with Crippen LogP contribution in [0, 0.1) is 5.92 Å². The molecule has 0 atom stereocenters. The Bertz CT molecular complexity index is 279. The van der Waals surface area contributed by atoms with Gasteiger partial charge >= 0.3 is 0 Å². The molecule has 2 saturated heterocycles. The largest absolute Gasteiger partial charge is 0.340 e. The zero-order valence-corrected chi connectivity index (χ0v) is 12.6. The van der Waals surface area contributed by atoms with Gasteiger partial charge in [-0.3, -0.25) is 4.79 Å². The van der Waals surface area contributed by atoms with Gasteiger partial charge in [-0.2, -0.15) is 0 Å². The number of amides is 1. The van der Waals surface area contributed by atoms with Crippen LogP contribution in [-0.2, 0) is 4.79 Å². The quantitative estimate of drug-likeness (QED) is 0.767. The van der Waals surface area contributed by atoms with Crippen LogP contribution in [0.5, 0.6) is 0 Å². The minimum absolute atomic E-state index is 0.394. The average Bonchev–Trinajstić information content (AvgIpc) is 2.48. The molecule has 4 heteroatoms. The minimum Gasteiger partial charge on any atom is -0.340 e. The predicted octanol–water partition coefficient (Wildman–Crippen LogP) is 1.27. The zero-order chi connectivity index (χ0) is 13.7. The van der Waals surface area contributed by atoms with Crippen molar-refractivity contribution in [2.45, 2.75) is 33.1 Å². The summed E-state index contributed by atoms with van der Waals surface area (Å²) in [5, 5.41) is 0. The normalized spacial score (nSPS) is 23.8. The Morgan fingerprint density at radius 1 is 0.895 bits per heavy atom. The lowest BCUT2D eigenvalue weighted by Gasteiger charge is -2.36. The first-order valence-corrected chi connectivity index (χ1v) is 7.95. The van der Waals surface area contributed by atoms with E-state index in [1.165, 1.54) is 25.9 Å². The van der Waals surface area contributed by atoms with Crippen molar-refractivity contribution < 1.29 is 4.79 Å². The summed E-state index contributed by atoms with van der Waals surface area (Å²) in [5.41, 5.74) is 0. The van der Waals surface area contributed by atoms with Gasteiger partial charge in [-0.25, -0.2) is 0 Å². The number of rotatable bonds is 4. The van der Waals surface area contributed by atoms with E-state index in [1.54, 1.807) is 0 Å². The highest BCUT2D eigenvalue weighted by atomic mass is 16.2. The molecule has 0 spiro atoms. The molecule has 110 valence electrons. The summed E-state index contributed by atoms with van der Waals surface area (Å²) >= 11 is 0. The molecule has 2 rings (SSSR count).